The maximum Gasteiger partial charge on any atom is 0.366 e. The molecule has 0 aromatic carbocycles. The quantitative estimate of drug-likeness (QED) is 0.556. The molecular weight excluding hydrogens is 154 g/mol. The Bertz CT molecular complexity index is 313. The van der Waals surface area contributed by atoms with Gasteiger partial charge in [0.15, 0.2) is 0 Å². The molecule has 0 saturated carbocycles. The van der Waals surface area contributed by atoms with Gasteiger partial charge in [-0.15, -0.1) is 0 Å². The first kappa shape index (κ1) is 6.94. The van der Waals surface area contributed by atoms with Gasteiger partial charge in [0.05, 0.1) is 0 Å². The van der Waals surface area contributed by atoms with Gasteiger partial charge in [-0.05, 0) is 11.5 Å². The second-order valence-electron chi connectivity index (χ2n) is 1.64. The van der Waals surface area contributed by atoms with Crippen LogP contribution in [0.1, 0.15) is 11.7 Å². The Morgan fingerprint density at radius 1 is 1.80 bits per heavy atom. The minimum Gasteiger partial charge on any atom is -0.374 e. The zero-order chi connectivity index (χ0) is 7.72. The van der Waals surface area contributed by atoms with Crippen molar-refractivity contribution < 1.29 is 4.79 Å². The van der Waals surface area contributed by atoms with Crippen molar-refractivity contribution in [2.24, 2.45) is 0 Å². The van der Waals surface area contributed by atoms with Crippen molar-refractivity contribution in [3.8, 4) is 0 Å². The second kappa shape index (κ2) is 2.22. The average Bonchev–Trinajstić information content (AvgIpc) is 2.10. The van der Waals surface area contributed by atoms with Crippen molar-refractivity contribution in [2.75, 3.05) is 5.73 Å². The van der Waals surface area contributed by atoms with E-state index < -0.39 is 5.69 Å². The van der Waals surface area contributed by atoms with Crippen molar-refractivity contribution >= 4 is 22.6 Å². The van der Waals surface area contributed by atoms with E-state index in [2.05, 4.69) is 4.98 Å². The van der Waals surface area contributed by atoms with Crippen LogP contribution in [0, 0.1) is 0 Å². The number of rotatable bonds is 0. The Hall–Kier alpha value is -1.17. The molecule has 0 aliphatic rings. The number of hydrogen-bond donors (Lipinski definition) is 1. The van der Waals surface area contributed by atoms with E-state index in [0.717, 1.165) is 15.5 Å². The van der Waals surface area contributed by atoms with Gasteiger partial charge in [-0.2, -0.15) is 8.94 Å². The Balaban J connectivity index is 3.29. The number of carbonyl (C=O) groups excluding carboxylic acids is 1. The number of nitrogens with two attached hydrogens (primary N) is 1. The van der Waals surface area contributed by atoms with E-state index in [1.807, 2.05) is 0 Å². The molecule has 0 spiro atoms. The Kier molecular flexibility index (Phi) is 1.54. The molecule has 6 heteroatoms. The first-order valence-corrected chi connectivity index (χ1v) is 3.25. The molecule has 2 N–H and O–H groups in total. The predicted molar refractivity (Wildman–Crippen MR) is 37.1 cm³/mol. The lowest BCUT2D eigenvalue weighted by Crippen LogP contribution is -2.19. The zero-order valence-corrected chi connectivity index (χ0v) is 6.01. The third-order valence-corrected chi connectivity index (χ3v) is 1.72. The lowest BCUT2D eigenvalue weighted by atomic mass is 10.7. The summed E-state index contributed by atoms with van der Waals surface area (Å²) in [7, 11) is 0. The van der Waals surface area contributed by atoms with Crippen LogP contribution >= 0.6 is 11.5 Å². The molecule has 1 heterocycles. The molecule has 1 aromatic heterocycles. The molecule has 54 valence electrons. The third kappa shape index (κ3) is 1.06. The van der Waals surface area contributed by atoms with E-state index in [1.54, 1.807) is 0 Å². The molecule has 1 aromatic rings. The van der Waals surface area contributed by atoms with Crippen LogP contribution in [0.2, 0.25) is 0 Å². The van der Waals surface area contributed by atoms with E-state index in [1.165, 1.54) is 6.92 Å². The van der Waals surface area contributed by atoms with Crippen LogP contribution in [0.5, 0.6) is 0 Å². The summed E-state index contributed by atoms with van der Waals surface area (Å²) >= 11 is 0.844. The number of nitrogens with zero attached hydrogens (tertiary/aromatic N) is 2. The van der Waals surface area contributed by atoms with Crippen molar-refractivity contribution in [1.29, 1.82) is 0 Å². The summed E-state index contributed by atoms with van der Waals surface area (Å²) in [6.07, 6.45) is 0. The molecule has 0 radical (unpaired) electrons. The van der Waals surface area contributed by atoms with Crippen molar-refractivity contribution in [3.05, 3.63) is 10.5 Å². The standard InChI is InChI=1S/C4H5N3O2S/c1-2(8)7-4(9)6-3(5)10-7/h1H3,(H2,5,6,9). The van der Waals surface area contributed by atoms with Gasteiger partial charge >= 0.3 is 5.69 Å². The van der Waals surface area contributed by atoms with E-state index in [-0.39, 0.29) is 11.0 Å². The van der Waals surface area contributed by atoms with Crippen LogP contribution in [0.3, 0.4) is 0 Å². The summed E-state index contributed by atoms with van der Waals surface area (Å²) in [5.41, 5.74) is 4.55. The van der Waals surface area contributed by atoms with Gasteiger partial charge in [0, 0.05) is 6.92 Å². The van der Waals surface area contributed by atoms with Crippen LogP contribution in [0.25, 0.3) is 0 Å². The number of anilines is 1. The van der Waals surface area contributed by atoms with Gasteiger partial charge in [-0.25, -0.2) is 4.79 Å². The highest BCUT2D eigenvalue weighted by atomic mass is 32.1. The maximum absolute atomic E-state index is 10.6. The smallest absolute Gasteiger partial charge is 0.366 e. The first-order chi connectivity index (χ1) is 4.61. The molecule has 0 saturated heterocycles. The average molecular weight is 159 g/mol. The van der Waals surface area contributed by atoms with E-state index in [9.17, 15) is 9.59 Å². The Labute approximate surface area is 60.3 Å². The molecule has 0 amide bonds. The van der Waals surface area contributed by atoms with Gasteiger partial charge in [-0.3, -0.25) is 4.79 Å². The molecule has 0 bridgehead atoms. The molecule has 1 rings (SSSR count). The largest absolute Gasteiger partial charge is 0.374 e. The molecule has 10 heavy (non-hydrogen) atoms. The molecule has 0 fully saturated rings. The Morgan fingerprint density at radius 2 is 2.40 bits per heavy atom. The highest BCUT2D eigenvalue weighted by molar-refractivity contribution is 7.11. The van der Waals surface area contributed by atoms with Gasteiger partial charge in [0.1, 0.15) is 0 Å². The topological polar surface area (TPSA) is 78.0 Å². The highest BCUT2D eigenvalue weighted by Crippen LogP contribution is 2.00. The van der Waals surface area contributed by atoms with Crippen LogP contribution in [0.4, 0.5) is 5.13 Å². The van der Waals surface area contributed by atoms with Gasteiger partial charge in [-0.1, -0.05) is 0 Å². The fraction of sp³-hybridized carbons (Fsp3) is 0.250. The maximum atomic E-state index is 10.6. The van der Waals surface area contributed by atoms with Crippen molar-refractivity contribution in [2.45, 2.75) is 6.92 Å². The fourth-order valence-electron chi connectivity index (χ4n) is 0.492. The summed E-state index contributed by atoms with van der Waals surface area (Å²) in [5.74, 6) is -0.362. The predicted octanol–water partition coefficient (Wildman–Crippen LogP) is -0.453. The number of aromatic nitrogens is 2. The molecule has 0 unspecified atom stereocenters. The highest BCUT2D eigenvalue weighted by Gasteiger charge is 2.05. The van der Waals surface area contributed by atoms with Crippen molar-refractivity contribution in [1.82, 2.24) is 8.94 Å². The normalized spacial score (nSPS) is 9.70. The summed E-state index contributed by atoms with van der Waals surface area (Å²) in [6.45, 7) is 1.28. The lowest BCUT2D eigenvalue weighted by molar-refractivity contribution is 0.0944. The van der Waals surface area contributed by atoms with Crippen LogP contribution in [0.15, 0.2) is 4.79 Å². The molecule has 5 nitrogen and oxygen atoms in total. The van der Waals surface area contributed by atoms with E-state index in [0.29, 0.717) is 0 Å². The van der Waals surface area contributed by atoms with E-state index in [4.69, 9.17) is 5.73 Å². The fourth-order valence-corrected chi connectivity index (χ4v) is 1.05. The van der Waals surface area contributed by atoms with Gasteiger partial charge in [0.25, 0.3) is 0 Å². The third-order valence-electron chi connectivity index (χ3n) is 0.850. The SMILES string of the molecule is CC(=O)n1sc(N)nc1=O. The number of nitrogen functional groups attached to an aromatic ring is 1. The van der Waals surface area contributed by atoms with E-state index >= 15 is 0 Å². The molecule has 0 aliphatic heterocycles. The lowest BCUT2D eigenvalue weighted by Gasteiger charge is -1.84. The first-order valence-electron chi connectivity index (χ1n) is 2.48. The summed E-state index contributed by atoms with van der Waals surface area (Å²) in [5, 5.41) is 0.111. The van der Waals surface area contributed by atoms with Crippen molar-refractivity contribution in [3.63, 3.8) is 0 Å². The summed E-state index contributed by atoms with van der Waals surface area (Å²) < 4.78 is 0.898. The Morgan fingerprint density at radius 3 is 2.60 bits per heavy atom. The number of carbonyl (C=O) groups is 1. The van der Waals surface area contributed by atoms with Gasteiger partial charge in [0.2, 0.25) is 11.0 Å². The van der Waals surface area contributed by atoms with Crippen LogP contribution < -0.4 is 11.4 Å². The minimum atomic E-state index is -0.602. The zero-order valence-electron chi connectivity index (χ0n) is 5.20. The summed E-state index contributed by atoms with van der Waals surface area (Å²) in [4.78, 5) is 24.5. The van der Waals surface area contributed by atoms with Crippen LogP contribution in [-0.4, -0.2) is 14.8 Å². The molecule has 0 atom stereocenters. The molecular formula is C4H5N3O2S. The second-order valence-corrected chi connectivity index (χ2v) is 2.60. The summed E-state index contributed by atoms with van der Waals surface area (Å²) in [6, 6.07) is 0. The molecule has 0 aliphatic carbocycles. The number of hydrogen-bond acceptors (Lipinski definition) is 5. The monoisotopic (exact) mass is 159 g/mol. The van der Waals surface area contributed by atoms with Gasteiger partial charge < -0.3 is 5.73 Å². The minimum absolute atomic E-state index is 0.111. The van der Waals surface area contributed by atoms with Crippen LogP contribution in [-0.2, 0) is 0 Å².